The van der Waals surface area contributed by atoms with Crippen LogP contribution in [-0.4, -0.2) is 25.8 Å². The predicted octanol–water partition coefficient (Wildman–Crippen LogP) is 3.98. The van der Waals surface area contributed by atoms with E-state index in [0.29, 0.717) is 17.1 Å². The molecule has 5 nitrogen and oxygen atoms in total. The molecule has 6 heteroatoms. The van der Waals surface area contributed by atoms with Crippen molar-refractivity contribution in [2.45, 2.75) is 39.2 Å². The van der Waals surface area contributed by atoms with E-state index in [1.54, 1.807) is 6.20 Å². The van der Waals surface area contributed by atoms with Crippen molar-refractivity contribution in [3.8, 4) is 11.4 Å². The number of aryl methyl sites for hydroxylation is 1. The van der Waals surface area contributed by atoms with Crippen LogP contribution in [-0.2, 0) is 0 Å². The van der Waals surface area contributed by atoms with Gasteiger partial charge in [0.2, 0.25) is 0 Å². The Morgan fingerprint density at radius 2 is 2.08 bits per heavy atom. The number of rotatable bonds is 4. The molecule has 0 saturated heterocycles. The first-order chi connectivity index (χ1) is 12.0. The fraction of sp³-hybridized carbons (Fsp3) is 0.368. The molecule has 1 aliphatic carbocycles. The number of nitrogens with zero attached hydrogens (tertiary/aromatic N) is 3. The number of pyridine rings is 2. The molecule has 128 valence electrons. The third kappa shape index (κ3) is 3.02. The fourth-order valence-electron chi connectivity index (χ4n) is 3.12. The topological polar surface area (TPSA) is 67.8 Å². The standard InChI is InChI=1S/C19H20N4OS/c1-11-10-14(13-6-4-5-9-20-13)21-15-16(23-25-17(11)15)18(24)22-19(2,3)12-7-8-12/h4-6,9-10,12H,7-8H2,1-3H3,(H,22,24). The second-order valence-corrected chi connectivity index (χ2v) is 7.97. The van der Waals surface area contributed by atoms with E-state index in [-0.39, 0.29) is 11.4 Å². The van der Waals surface area contributed by atoms with Gasteiger partial charge in [0, 0.05) is 11.7 Å². The van der Waals surface area contributed by atoms with Crippen molar-refractivity contribution < 1.29 is 4.79 Å². The Hall–Kier alpha value is -2.34. The van der Waals surface area contributed by atoms with Crippen molar-refractivity contribution in [2.75, 3.05) is 0 Å². The van der Waals surface area contributed by atoms with Crippen molar-refractivity contribution >= 4 is 27.7 Å². The van der Waals surface area contributed by atoms with E-state index in [1.807, 2.05) is 31.2 Å². The molecule has 1 saturated carbocycles. The van der Waals surface area contributed by atoms with E-state index in [0.717, 1.165) is 21.7 Å². The van der Waals surface area contributed by atoms with Gasteiger partial charge in [0.15, 0.2) is 5.69 Å². The lowest BCUT2D eigenvalue weighted by Gasteiger charge is -2.25. The zero-order valence-corrected chi connectivity index (χ0v) is 15.4. The number of carbonyl (C=O) groups is 1. The number of hydrogen-bond donors (Lipinski definition) is 1. The van der Waals surface area contributed by atoms with Gasteiger partial charge in [0.25, 0.3) is 5.91 Å². The molecule has 0 unspecified atom stereocenters. The molecule has 25 heavy (non-hydrogen) atoms. The van der Waals surface area contributed by atoms with Gasteiger partial charge in [-0.1, -0.05) is 6.07 Å². The van der Waals surface area contributed by atoms with Crippen molar-refractivity contribution in [1.29, 1.82) is 0 Å². The normalized spacial score (nSPS) is 14.7. The van der Waals surface area contributed by atoms with Crippen LogP contribution in [0.4, 0.5) is 0 Å². The van der Waals surface area contributed by atoms with Gasteiger partial charge >= 0.3 is 0 Å². The summed E-state index contributed by atoms with van der Waals surface area (Å²) in [5.74, 6) is 0.411. The maximum absolute atomic E-state index is 12.8. The van der Waals surface area contributed by atoms with Gasteiger partial charge in [-0.05, 0) is 74.8 Å². The van der Waals surface area contributed by atoms with Crippen molar-refractivity contribution in [3.05, 3.63) is 41.7 Å². The van der Waals surface area contributed by atoms with E-state index in [4.69, 9.17) is 4.98 Å². The molecular weight excluding hydrogens is 332 g/mol. The molecule has 3 aromatic rings. The maximum atomic E-state index is 12.8. The zero-order valence-electron chi connectivity index (χ0n) is 14.5. The highest BCUT2D eigenvalue weighted by Gasteiger charge is 2.39. The molecule has 1 aliphatic rings. The highest BCUT2D eigenvalue weighted by Crippen LogP contribution is 2.39. The Bertz CT molecular complexity index is 945. The summed E-state index contributed by atoms with van der Waals surface area (Å²) < 4.78 is 5.35. The summed E-state index contributed by atoms with van der Waals surface area (Å²) in [4.78, 5) is 21.9. The lowest BCUT2D eigenvalue weighted by molar-refractivity contribution is 0.0901. The largest absolute Gasteiger partial charge is 0.345 e. The Labute approximate surface area is 150 Å². The molecule has 0 bridgehead atoms. The lowest BCUT2D eigenvalue weighted by Crippen LogP contribution is -2.45. The van der Waals surface area contributed by atoms with Crippen LogP contribution in [0.2, 0.25) is 0 Å². The first-order valence-corrected chi connectivity index (χ1v) is 9.24. The van der Waals surface area contributed by atoms with Gasteiger partial charge in [-0.15, -0.1) is 0 Å². The number of aromatic nitrogens is 3. The number of carbonyl (C=O) groups excluding carboxylic acids is 1. The molecule has 0 aromatic carbocycles. The van der Waals surface area contributed by atoms with Crippen LogP contribution < -0.4 is 5.32 Å². The SMILES string of the molecule is Cc1cc(-c2ccccn2)nc2c(C(=O)NC(C)(C)C3CC3)nsc12. The van der Waals surface area contributed by atoms with Crippen LogP contribution in [0, 0.1) is 12.8 Å². The molecule has 0 aliphatic heterocycles. The van der Waals surface area contributed by atoms with Gasteiger partial charge in [-0.2, -0.15) is 4.37 Å². The Morgan fingerprint density at radius 1 is 1.28 bits per heavy atom. The summed E-state index contributed by atoms with van der Waals surface area (Å²) in [6.45, 7) is 6.18. The molecular formula is C19H20N4OS. The number of fused-ring (bicyclic) bond motifs is 1. The van der Waals surface area contributed by atoms with E-state index in [1.165, 1.54) is 24.4 Å². The summed E-state index contributed by atoms with van der Waals surface area (Å²) in [7, 11) is 0. The average Bonchev–Trinajstić information content (AvgIpc) is 3.36. The van der Waals surface area contributed by atoms with Gasteiger partial charge in [0.05, 0.1) is 16.1 Å². The first-order valence-electron chi connectivity index (χ1n) is 8.46. The first kappa shape index (κ1) is 16.1. The molecule has 4 rings (SSSR count). The smallest absolute Gasteiger partial charge is 0.273 e. The van der Waals surface area contributed by atoms with E-state index < -0.39 is 0 Å². The number of hydrogen-bond acceptors (Lipinski definition) is 5. The zero-order chi connectivity index (χ0) is 17.6. The molecule has 3 aromatic heterocycles. The molecule has 1 fully saturated rings. The molecule has 1 N–H and O–H groups in total. The quantitative estimate of drug-likeness (QED) is 0.771. The van der Waals surface area contributed by atoms with Gasteiger partial charge in [-0.25, -0.2) is 4.98 Å². The fourth-order valence-corrected chi connectivity index (χ4v) is 3.91. The summed E-state index contributed by atoms with van der Waals surface area (Å²) in [6.07, 6.45) is 4.09. The summed E-state index contributed by atoms with van der Waals surface area (Å²) >= 11 is 1.33. The van der Waals surface area contributed by atoms with E-state index in [9.17, 15) is 4.79 Å². The van der Waals surface area contributed by atoms with Crippen molar-refractivity contribution in [3.63, 3.8) is 0 Å². The second kappa shape index (κ2) is 5.88. The van der Waals surface area contributed by atoms with Crippen LogP contribution >= 0.6 is 11.5 Å². The monoisotopic (exact) mass is 352 g/mol. The Morgan fingerprint density at radius 3 is 2.76 bits per heavy atom. The highest BCUT2D eigenvalue weighted by atomic mass is 32.1. The van der Waals surface area contributed by atoms with E-state index >= 15 is 0 Å². The molecule has 1 amide bonds. The Kier molecular flexibility index (Phi) is 3.80. The molecule has 0 atom stereocenters. The maximum Gasteiger partial charge on any atom is 0.273 e. The highest BCUT2D eigenvalue weighted by molar-refractivity contribution is 7.13. The van der Waals surface area contributed by atoms with Gasteiger partial charge in [0.1, 0.15) is 5.52 Å². The molecule has 0 spiro atoms. The Balaban J connectivity index is 1.75. The van der Waals surface area contributed by atoms with Crippen LogP contribution in [0.5, 0.6) is 0 Å². The minimum Gasteiger partial charge on any atom is -0.345 e. The second-order valence-electron chi connectivity index (χ2n) is 7.20. The van der Waals surface area contributed by atoms with E-state index in [2.05, 4.69) is 28.5 Å². The van der Waals surface area contributed by atoms with Crippen molar-refractivity contribution in [2.24, 2.45) is 5.92 Å². The summed E-state index contributed by atoms with van der Waals surface area (Å²) in [6, 6.07) is 7.73. The number of amides is 1. The molecule has 0 radical (unpaired) electrons. The molecule has 3 heterocycles. The number of nitrogens with one attached hydrogen (secondary N) is 1. The van der Waals surface area contributed by atoms with Crippen molar-refractivity contribution in [1.82, 2.24) is 19.7 Å². The lowest BCUT2D eigenvalue weighted by atomic mass is 9.98. The summed E-state index contributed by atoms with van der Waals surface area (Å²) in [5, 5.41) is 3.14. The predicted molar refractivity (Wildman–Crippen MR) is 99.7 cm³/mol. The third-order valence-electron chi connectivity index (χ3n) is 4.79. The van der Waals surface area contributed by atoms with Crippen LogP contribution in [0.3, 0.4) is 0 Å². The van der Waals surface area contributed by atoms with Gasteiger partial charge < -0.3 is 5.32 Å². The van der Waals surface area contributed by atoms with Crippen LogP contribution in [0.15, 0.2) is 30.5 Å². The third-order valence-corrected chi connectivity index (χ3v) is 5.76. The minimum atomic E-state index is -0.208. The van der Waals surface area contributed by atoms with Gasteiger partial charge in [-0.3, -0.25) is 9.78 Å². The van der Waals surface area contributed by atoms with Crippen LogP contribution in [0.1, 0.15) is 42.7 Å². The minimum absolute atomic E-state index is 0.145. The average molecular weight is 352 g/mol. The van der Waals surface area contributed by atoms with Crippen LogP contribution in [0.25, 0.3) is 21.6 Å². The summed E-state index contributed by atoms with van der Waals surface area (Å²) in [5.41, 5.74) is 3.48.